The topological polar surface area (TPSA) is 55.8 Å². The van der Waals surface area contributed by atoms with Crippen LogP contribution in [0, 0.1) is 5.92 Å². The number of piperidine rings is 1. The van der Waals surface area contributed by atoms with Crippen molar-refractivity contribution in [2.75, 3.05) is 13.2 Å². The Bertz CT molecular complexity index is 1220. The number of hydrogen-bond donors (Lipinski definition) is 0. The van der Waals surface area contributed by atoms with Crippen LogP contribution in [-0.2, 0) is 22.5 Å². The Balaban J connectivity index is 1.15. The van der Waals surface area contributed by atoms with E-state index in [0.717, 1.165) is 17.5 Å². The fraction of sp³-hybridized carbons (Fsp3) is 0.310. The summed E-state index contributed by atoms with van der Waals surface area (Å²) in [6, 6.07) is 24.0. The maximum Gasteiger partial charge on any atom is 0.410 e. The molecule has 3 aliphatic rings. The molecule has 2 bridgehead atoms. The first-order valence-electron chi connectivity index (χ1n) is 12.0. The van der Waals surface area contributed by atoms with Gasteiger partial charge in [0.25, 0.3) is 0 Å². The number of Topliss-reactive ketones (excluding diaryl/α,β-unsaturated/α-hetero) is 1. The Morgan fingerprint density at radius 3 is 2.35 bits per heavy atom. The molecule has 0 spiro atoms. The van der Waals surface area contributed by atoms with Crippen molar-refractivity contribution in [3.05, 3.63) is 95.1 Å². The van der Waals surface area contributed by atoms with Gasteiger partial charge in [-0.05, 0) is 53.1 Å². The normalized spacial score (nSPS) is 22.6. The van der Waals surface area contributed by atoms with E-state index in [0.29, 0.717) is 26.1 Å². The monoisotopic (exact) mass is 453 g/mol. The Hall–Kier alpha value is -3.44. The van der Waals surface area contributed by atoms with Crippen molar-refractivity contribution in [1.82, 2.24) is 4.90 Å². The molecule has 1 aliphatic carbocycles. The number of carbonyl (C=O) groups is 2. The van der Waals surface area contributed by atoms with Gasteiger partial charge in [0.1, 0.15) is 6.61 Å². The van der Waals surface area contributed by atoms with Crippen LogP contribution in [0.3, 0.4) is 0 Å². The molecule has 34 heavy (non-hydrogen) atoms. The molecule has 0 saturated carbocycles. The number of nitrogens with zero attached hydrogens (tertiary/aromatic N) is 1. The molecule has 5 heteroatoms. The van der Waals surface area contributed by atoms with E-state index in [2.05, 4.69) is 36.4 Å². The highest BCUT2D eigenvalue weighted by atomic mass is 16.6. The zero-order chi connectivity index (χ0) is 23.1. The average Bonchev–Trinajstić information content (AvgIpc) is 3.24. The molecule has 0 aromatic heterocycles. The first-order valence-corrected chi connectivity index (χ1v) is 12.0. The third-order valence-corrected chi connectivity index (χ3v) is 7.39. The molecule has 2 atom stereocenters. The molecular formula is C29H27NO4. The van der Waals surface area contributed by atoms with Crippen molar-refractivity contribution in [3.63, 3.8) is 0 Å². The quantitative estimate of drug-likeness (QED) is 0.396. The number of benzene rings is 3. The van der Waals surface area contributed by atoms with Crippen molar-refractivity contribution in [2.24, 2.45) is 5.92 Å². The molecule has 172 valence electrons. The van der Waals surface area contributed by atoms with Crippen LogP contribution in [0.25, 0.3) is 11.1 Å². The largest absolute Gasteiger partial charge is 0.445 e. The second kappa shape index (κ2) is 8.73. The van der Waals surface area contributed by atoms with Crippen molar-refractivity contribution >= 4 is 11.9 Å². The number of amides is 1. The van der Waals surface area contributed by atoms with Gasteiger partial charge in [0.2, 0.25) is 0 Å². The first-order chi connectivity index (χ1) is 16.7. The van der Waals surface area contributed by atoms with Crippen molar-refractivity contribution in [2.45, 2.75) is 38.0 Å². The minimum Gasteiger partial charge on any atom is -0.445 e. The van der Waals surface area contributed by atoms with Gasteiger partial charge in [0, 0.05) is 11.5 Å². The van der Waals surface area contributed by atoms with Crippen molar-refractivity contribution < 1.29 is 19.1 Å². The van der Waals surface area contributed by atoms with E-state index in [1.165, 1.54) is 22.3 Å². The number of carbonyl (C=O) groups excluding carboxylic acids is 2. The van der Waals surface area contributed by atoms with Crippen LogP contribution in [0.4, 0.5) is 4.79 Å². The van der Waals surface area contributed by atoms with Crippen molar-refractivity contribution in [3.8, 4) is 11.1 Å². The van der Waals surface area contributed by atoms with E-state index in [1.54, 1.807) is 0 Å². The molecule has 2 fully saturated rings. The molecule has 0 radical (unpaired) electrons. The summed E-state index contributed by atoms with van der Waals surface area (Å²) in [6.45, 7) is 1.14. The van der Waals surface area contributed by atoms with Gasteiger partial charge >= 0.3 is 6.09 Å². The maximum atomic E-state index is 13.5. The first kappa shape index (κ1) is 21.1. The SMILES string of the molecule is O=C(c1ccc2c(c1)Cc1ccccc1-2)C1CC2COCC(C1)N2C(=O)OCc1ccccc1. The van der Waals surface area contributed by atoms with E-state index < -0.39 is 0 Å². The fourth-order valence-electron chi connectivity index (χ4n) is 5.76. The number of morpholine rings is 1. The molecule has 3 aromatic rings. The van der Waals surface area contributed by atoms with E-state index in [9.17, 15) is 9.59 Å². The Kier molecular flexibility index (Phi) is 5.42. The Morgan fingerprint density at radius 2 is 1.56 bits per heavy atom. The zero-order valence-electron chi connectivity index (χ0n) is 19.0. The second-order valence-corrected chi connectivity index (χ2v) is 9.53. The maximum absolute atomic E-state index is 13.5. The third kappa shape index (κ3) is 3.80. The Morgan fingerprint density at radius 1 is 0.853 bits per heavy atom. The van der Waals surface area contributed by atoms with Crippen LogP contribution in [0.5, 0.6) is 0 Å². The summed E-state index contributed by atoms with van der Waals surface area (Å²) in [4.78, 5) is 28.3. The van der Waals surface area contributed by atoms with E-state index in [1.807, 2.05) is 41.3 Å². The van der Waals surface area contributed by atoms with Gasteiger partial charge < -0.3 is 9.47 Å². The number of ketones is 1. The van der Waals surface area contributed by atoms with Gasteiger partial charge in [-0.2, -0.15) is 0 Å². The standard InChI is InChI=1S/C29H27NO4/c31-28(21-10-11-27-22(13-21)12-20-8-4-5-9-26(20)27)23-14-24-17-33-18-25(15-23)30(24)29(32)34-16-19-6-2-1-3-7-19/h1-11,13,23-25H,12,14-18H2. The molecule has 1 amide bonds. The lowest BCUT2D eigenvalue weighted by Gasteiger charge is -2.47. The molecule has 6 rings (SSSR count). The summed E-state index contributed by atoms with van der Waals surface area (Å²) in [7, 11) is 0. The minimum absolute atomic E-state index is 0.112. The molecule has 3 aromatic carbocycles. The highest BCUT2D eigenvalue weighted by molar-refractivity contribution is 5.99. The molecule has 2 heterocycles. The molecule has 2 saturated heterocycles. The molecule has 5 nitrogen and oxygen atoms in total. The minimum atomic E-state index is -0.316. The van der Waals surface area contributed by atoms with E-state index in [-0.39, 0.29) is 36.5 Å². The summed E-state index contributed by atoms with van der Waals surface area (Å²) in [5.74, 6) is 0.0619. The van der Waals surface area contributed by atoms with Crippen LogP contribution in [0.15, 0.2) is 72.8 Å². The molecule has 2 aliphatic heterocycles. The van der Waals surface area contributed by atoms with E-state index >= 15 is 0 Å². The fourth-order valence-corrected chi connectivity index (χ4v) is 5.76. The zero-order valence-corrected chi connectivity index (χ0v) is 19.0. The van der Waals surface area contributed by atoms with Gasteiger partial charge in [-0.1, -0.05) is 66.7 Å². The predicted molar refractivity (Wildman–Crippen MR) is 129 cm³/mol. The highest BCUT2D eigenvalue weighted by Gasteiger charge is 2.44. The van der Waals surface area contributed by atoms with Crippen LogP contribution in [-0.4, -0.2) is 42.1 Å². The number of rotatable bonds is 4. The summed E-state index contributed by atoms with van der Waals surface area (Å²) < 4.78 is 11.4. The Labute approximate surface area is 199 Å². The lowest BCUT2D eigenvalue weighted by atomic mass is 9.80. The lowest BCUT2D eigenvalue weighted by Crippen LogP contribution is -2.59. The van der Waals surface area contributed by atoms with Gasteiger partial charge in [-0.3, -0.25) is 9.69 Å². The number of fused-ring (bicyclic) bond motifs is 5. The summed E-state index contributed by atoms with van der Waals surface area (Å²) >= 11 is 0. The van der Waals surface area contributed by atoms with Crippen LogP contribution < -0.4 is 0 Å². The summed E-state index contributed by atoms with van der Waals surface area (Å²) in [6.07, 6.45) is 1.76. The smallest absolute Gasteiger partial charge is 0.410 e. The van der Waals surface area contributed by atoms with Gasteiger partial charge in [-0.15, -0.1) is 0 Å². The predicted octanol–water partition coefficient (Wildman–Crippen LogP) is 5.26. The third-order valence-electron chi connectivity index (χ3n) is 7.39. The second-order valence-electron chi connectivity index (χ2n) is 9.53. The molecule has 0 N–H and O–H groups in total. The lowest BCUT2D eigenvalue weighted by molar-refractivity contribution is -0.0755. The van der Waals surface area contributed by atoms with Crippen LogP contribution >= 0.6 is 0 Å². The van der Waals surface area contributed by atoms with Crippen LogP contribution in [0.1, 0.15) is 39.9 Å². The number of hydrogen-bond acceptors (Lipinski definition) is 4. The summed E-state index contributed by atoms with van der Waals surface area (Å²) in [5.41, 5.74) is 6.77. The number of ether oxygens (including phenoxy) is 2. The van der Waals surface area contributed by atoms with Gasteiger partial charge in [-0.25, -0.2) is 4.79 Å². The summed E-state index contributed by atoms with van der Waals surface area (Å²) in [5, 5.41) is 0. The average molecular weight is 454 g/mol. The highest BCUT2D eigenvalue weighted by Crippen LogP contribution is 2.38. The molecular weight excluding hydrogens is 426 g/mol. The molecule has 2 unspecified atom stereocenters. The van der Waals surface area contributed by atoms with Gasteiger partial charge in [0.05, 0.1) is 25.3 Å². The van der Waals surface area contributed by atoms with Crippen LogP contribution in [0.2, 0.25) is 0 Å². The van der Waals surface area contributed by atoms with Crippen molar-refractivity contribution in [1.29, 1.82) is 0 Å². The van der Waals surface area contributed by atoms with E-state index in [4.69, 9.17) is 9.47 Å². The van der Waals surface area contributed by atoms with Gasteiger partial charge in [0.15, 0.2) is 5.78 Å².